The lowest BCUT2D eigenvalue weighted by Gasteiger charge is -2.15. The minimum Gasteiger partial charge on any atom is -0.482 e. The Kier molecular flexibility index (Phi) is 4.94. The molecule has 0 saturated carbocycles. The number of carbonyl (C=O) groups is 1. The van der Waals surface area contributed by atoms with Gasteiger partial charge in [0, 0.05) is 35.8 Å². The molecule has 1 aliphatic heterocycles. The first-order valence-electron chi connectivity index (χ1n) is 8.96. The molecule has 0 atom stereocenters. The second kappa shape index (κ2) is 7.52. The smallest absolute Gasteiger partial charge is 0.317 e. The fourth-order valence-electron chi connectivity index (χ4n) is 3.21. The van der Waals surface area contributed by atoms with E-state index in [2.05, 4.69) is 15.3 Å². The van der Waals surface area contributed by atoms with E-state index in [-0.39, 0.29) is 12.6 Å². The van der Waals surface area contributed by atoms with Gasteiger partial charge in [-0.25, -0.2) is 9.78 Å². The van der Waals surface area contributed by atoms with Crippen molar-refractivity contribution in [3.63, 3.8) is 0 Å². The van der Waals surface area contributed by atoms with Crippen molar-refractivity contribution in [2.75, 3.05) is 13.1 Å². The lowest BCUT2D eigenvalue weighted by atomic mass is 10.2. The monoisotopic (exact) mass is 388 g/mol. The summed E-state index contributed by atoms with van der Waals surface area (Å²) in [5.41, 5.74) is 2.61. The molecule has 2 amide bonds. The number of urea groups is 1. The topological polar surface area (TPSA) is 83.4 Å². The maximum Gasteiger partial charge on any atom is 0.317 e. The average molecular weight is 389 g/mol. The highest BCUT2D eigenvalue weighted by Crippen LogP contribution is 2.31. The zero-order chi connectivity index (χ0) is 18.8. The summed E-state index contributed by atoms with van der Waals surface area (Å²) in [7, 11) is 0. The molecule has 0 spiro atoms. The molecule has 1 saturated heterocycles. The highest BCUT2D eigenvalue weighted by atomic mass is 35.5. The minimum absolute atomic E-state index is 0.0190. The number of oxazole rings is 1. The van der Waals surface area contributed by atoms with E-state index in [0.29, 0.717) is 23.2 Å². The van der Waals surface area contributed by atoms with E-state index in [1.807, 2.05) is 30.0 Å². The van der Waals surface area contributed by atoms with Crippen LogP contribution in [0.1, 0.15) is 30.1 Å². The number of aryl methyl sites for hydroxylation is 1. The summed E-state index contributed by atoms with van der Waals surface area (Å²) in [6.07, 6.45) is 3.74. The van der Waals surface area contributed by atoms with Crippen LogP contribution in [-0.4, -0.2) is 34.0 Å². The molecule has 0 bridgehead atoms. The van der Waals surface area contributed by atoms with Crippen LogP contribution >= 0.6 is 11.6 Å². The molecule has 8 heteroatoms. The summed E-state index contributed by atoms with van der Waals surface area (Å²) in [4.78, 5) is 21.5. The molecule has 7 nitrogen and oxygen atoms in total. The zero-order valence-corrected chi connectivity index (χ0v) is 15.8. The van der Waals surface area contributed by atoms with Crippen LogP contribution in [0, 0.1) is 6.92 Å². The van der Waals surface area contributed by atoms with Gasteiger partial charge in [0.05, 0.1) is 17.3 Å². The molecule has 3 heterocycles. The highest BCUT2D eigenvalue weighted by Gasteiger charge is 2.17. The van der Waals surface area contributed by atoms with Crippen LogP contribution < -0.4 is 10.1 Å². The van der Waals surface area contributed by atoms with Crippen molar-refractivity contribution in [3.8, 4) is 5.75 Å². The Hall–Kier alpha value is -2.67. The van der Waals surface area contributed by atoms with E-state index >= 15 is 0 Å². The molecule has 3 aromatic rings. The van der Waals surface area contributed by atoms with Gasteiger partial charge in [0.25, 0.3) is 0 Å². The fourth-order valence-corrected chi connectivity index (χ4v) is 3.44. The van der Waals surface area contributed by atoms with Crippen LogP contribution in [0.4, 0.5) is 4.79 Å². The number of rotatable bonds is 5. The van der Waals surface area contributed by atoms with Gasteiger partial charge in [-0.1, -0.05) is 11.6 Å². The number of benzene rings is 1. The standard InChI is InChI=1S/C19H21ClN4O3/c1-12-10-27-18(22-12)11-26-17-8-16-13(7-15(17)20)6-14(23-16)9-21-19(25)24-4-2-3-5-24/h6-8,10,23H,2-5,9,11H2,1H3,(H,21,25). The number of fused-ring (bicyclic) bond motifs is 1. The minimum atomic E-state index is -0.0190. The highest BCUT2D eigenvalue weighted by molar-refractivity contribution is 6.32. The Morgan fingerprint density at radius 3 is 2.93 bits per heavy atom. The van der Waals surface area contributed by atoms with Crippen LogP contribution in [0.15, 0.2) is 28.9 Å². The summed E-state index contributed by atoms with van der Waals surface area (Å²) in [6.45, 7) is 4.17. The van der Waals surface area contributed by atoms with E-state index in [1.165, 1.54) is 0 Å². The van der Waals surface area contributed by atoms with E-state index in [4.69, 9.17) is 20.8 Å². The van der Waals surface area contributed by atoms with Crippen molar-refractivity contribution < 1.29 is 13.9 Å². The average Bonchev–Trinajstić information content (AvgIpc) is 3.38. The number of amides is 2. The third-order valence-corrected chi connectivity index (χ3v) is 4.87. The van der Waals surface area contributed by atoms with Crippen molar-refractivity contribution in [2.24, 2.45) is 0 Å². The van der Waals surface area contributed by atoms with Gasteiger partial charge in [-0.2, -0.15) is 0 Å². The molecule has 4 rings (SSSR count). The number of aromatic amines is 1. The number of carbonyl (C=O) groups excluding carboxylic acids is 1. The van der Waals surface area contributed by atoms with Gasteiger partial charge in [0.2, 0.25) is 5.89 Å². The quantitative estimate of drug-likeness (QED) is 0.691. The predicted molar refractivity (Wildman–Crippen MR) is 102 cm³/mol. The van der Waals surface area contributed by atoms with E-state index < -0.39 is 0 Å². The Bertz CT molecular complexity index is 959. The van der Waals surface area contributed by atoms with Gasteiger partial charge in [0.1, 0.15) is 12.0 Å². The number of nitrogens with zero attached hydrogens (tertiary/aromatic N) is 2. The van der Waals surface area contributed by atoms with Gasteiger partial charge >= 0.3 is 6.03 Å². The Morgan fingerprint density at radius 1 is 1.37 bits per heavy atom. The van der Waals surface area contributed by atoms with Gasteiger partial charge in [0.15, 0.2) is 6.61 Å². The lowest BCUT2D eigenvalue weighted by molar-refractivity contribution is 0.208. The number of aromatic nitrogens is 2. The van der Waals surface area contributed by atoms with Crippen LogP contribution in [0.25, 0.3) is 10.9 Å². The van der Waals surface area contributed by atoms with Crippen LogP contribution in [0.2, 0.25) is 5.02 Å². The third-order valence-electron chi connectivity index (χ3n) is 4.57. The van der Waals surface area contributed by atoms with Crippen molar-refractivity contribution in [1.29, 1.82) is 0 Å². The van der Waals surface area contributed by atoms with Gasteiger partial charge in [-0.3, -0.25) is 0 Å². The molecule has 27 heavy (non-hydrogen) atoms. The number of hydrogen-bond donors (Lipinski definition) is 2. The van der Waals surface area contributed by atoms with Gasteiger partial charge in [-0.05, 0) is 31.9 Å². The molecular formula is C19H21ClN4O3. The summed E-state index contributed by atoms with van der Waals surface area (Å²) >= 11 is 6.33. The largest absolute Gasteiger partial charge is 0.482 e. The van der Waals surface area contributed by atoms with Crippen LogP contribution in [-0.2, 0) is 13.2 Å². The summed E-state index contributed by atoms with van der Waals surface area (Å²) in [5, 5.41) is 4.43. The van der Waals surface area contributed by atoms with Crippen LogP contribution in [0.3, 0.4) is 0 Å². The van der Waals surface area contributed by atoms with Crippen molar-refractivity contribution >= 4 is 28.5 Å². The molecule has 0 unspecified atom stereocenters. The Labute approximate surface area is 161 Å². The number of nitrogens with one attached hydrogen (secondary N) is 2. The van der Waals surface area contributed by atoms with Crippen molar-refractivity contribution in [3.05, 3.63) is 46.8 Å². The van der Waals surface area contributed by atoms with Crippen molar-refractivity contribution in [2.45, 2.75) is 32.9 Å². The summed E-state index contributed by atoms with van der Waals surface area (Å²) in [6, 6.07) is 5.65. The molecule has 1 aromatic carbocycles. The molecule has 1 fully saturated rings. The fraction of sp³-hybridized carbons (Fsp3) is 0.368. The SMILES string of the molecule is Cc1coc(COc2cc3[nH]c(CNC(=O)N4CCCC4)cc3cc2Cl)n1. The third kappa shape index (κ3) is 4.03. The lowest BCUT2D eigenvalue weighted by Crippen LogP contribution is -2.37. The molecule has 2 N–H and O–H groups in total. The second-order valence-corrected chi connectivity index (χ2v) is 7.10. The maximum atomic E-state index is 12.1. The first-order chi connectivity index (χ1) is 13.1. The number of likely N-dealkylation sites (tertiary alicyclic amines) is 1. The zero-order valence-electron chi connectivity index (χ0n) is 15.0. The molecular weight excluding hydrogens is 368 g/mol. The predicted octanol–water partition coefficient (Wildman–Crippen LogP) is 4.00. The first kappa shape index (κ1) is 17.7. The number of ether oxygens (including phenoxy) is 1. The number of hydrogen-bond acceptors (Lipinski definition) is 4. The molecule has 0 aliphatic carbocycles. The summed E-state index contributed by atoms with van der Waals surface area (Å²) < 4.78 is 11.0. The van der Waals surface area contributed by atoms with Gasteiger partial charge in [-0.15, -0.1) is 0 Å². The number of halogens is 1. The van der Waals surface area contributed by atoms with Gasteiger partial charge < -0.3 is 24.4 Å². The van der Waals surface area contributed by atoms with Crippen LogP contribution in [0.5, 0.6) is 5.75 Å². The van der Waals surface area contributed by atoms with E-state index in [9.17, 15) is 4.79 Å². The molecule has 1 aliphatic rings. The maximum absolute atomic E-state index is 12.1. The molecule has 2 aromatic heterocycles. The van der Waals surface area contributed by atoms with E-state index in [0.717, 1.165) is 48.2 Å². The van der Waals surface area contributed by atoms with E-state index in [1.54, 1.807) is 6.26 Å². The number of H-pyrrole nitrogens is 1. The molecule has 0 radical (unpaired) electrons. The normalized spacial score (nSPS) is 14.1. The summed E-state index contributed by atoms with van der Waals surface area (Å²) in [5.74, 6) is 1.05. The Morgan fingerprint density at radius 2 is 2.19 bits per heavy atom. The second-order valence-electron chi connectivity index (χ2n) is 6.69. The molecule has 142 valence electrons. The Balaban J connectivity index is 1.43. The first-order valence-corrected chi connectivity index (χ1v) is 9.34. The van der Waals surface area contributed by atoms with Crippen molar-refractivity contribution in [1.82, 2.24) is 20.2 Å².